The standard InChI is InChI=1S/C20H30O4/c1-5-7-8-16(6-2)14-24-20(22)11-15(3)17-9-10-18(13-21)19(12-17)23-4/h9-12,16,21H,5-8,13-14H2,1-4H3/b15-11+. The summed E-state index contributed by atoms with van der Waals surface area (Å²) in [5.74, 6) is 0.737. The number of unbranched alkanes of at least 4 members (excludes halogenated alkanes) is 1. The number of carbonyl (C=O) groups is 1. The monoisotopic (exact) mass is 334 g/mol. The van der Waals surface area contributed by atoms with Gasteiger partial charge < -0.3 is 14.6 Å². The molecule has 0 amide bonds. The van der Waals surface area contributed by atoms with E-state index >= 15 is 0 Å². The third kappa shape index (κ3) is 6.36. The molecule has 4 heteroatoms. The Morgan fingerprint density at radius 1 is 1.33 bits per heavy atom. The molecule has 0 saturated carbocycles. The Hall–Kier alpha value is -1.81. The number of carbonyl (C=O) groups excluding carboxylic acids is 1. The van der Waals surface area contributed by atoms with Gasteiger partial charge in [0.25, 0.3) is 0 Å². The predicted molar refractivity (Wildman–Crippen MR) is 96.8 cm³/mol. The molecule has 1 atom stereocenters. The SMILES string of the molecule is CCCCC(CC)COC(=O)/C=C(\C)c1ccc(CO)c(OC)c1. The van der Waals surface area contributed by atoms with Crippen LogP contribution in [0.1, 0.15) is 57.6 Å². The van der Waals surface area contributed by atoms with Crippen LogP contribution in [0.2, 0.25) is 0 Å². The highest BCUT2D eigenvalue weighted by atomic mass is 16.5. The van der Waals surface area contributed by atoms with Crippen LogP contribution >= 0.6 is 0 Å². The van der Waals surface area contributed by atoms with Crippen molar-refractivity contribution in [2.24, 2.45) is 5.92 Å². The van der Waals surface area contributed by atoms with Gasteiger partial charge in [-0.2, -0.15) is 0 Å². The summed E-state index contributed by atoms with van der Waals surface area (Å²) < 4.78 is 10.7. The summed E-state index contributed by atoms with van der Waals surface area (Å²) in [6, 6.07) is 5.48. The minimum Gasteiger partial charge on any atom is -0.496 e. The molecule has 0 bridgehead atoms. The fraction of sp³-hybridized carbons (Fsp3) is 0.550. The summed E-state index contributed by atoms with van der Waals surface area (Å²) in [5.41, 5.74) is 2.40. The molecule has 1 aromatic rings. The Balaban J connectivity index is 2.69. The lowest BCUT2D eigenvalue weighted by molar-refractivity contribution is -0.139. The Kier molecular flexibility index (Phi) is 9.16. The molecule has 1 N–H and O–H groups in total. The number of hydrogen-bond acceptors (Lipinski definition) is 4. The van der Waals surface area contributed by atoms with E-state index in [1.165, 1.54) is 12.5 Å². The average molecular weight is 334 g/mol. The van der Waals surface area contributed by atoms with Crippen LogP contribution in [-0.4, -0.2) is 24.8 Å². The van der Waals surface area contributed by atoms with E-state index in [0.29, 0.717) is 18.3 Å². The lowest BCUT2D eigenvalue weighted by atomic mass is 10.0. The number of benzene rings is 1. The number of rotatable bonds is 10. The predicted octanol–water partition coefficient (Wildman–Crippen LogP) is 4.35. The largest absolute Gasteiger partial charge is 0.496 e. The number of aliphatic hydroxyl groups is 1. The first kappa shape index (κ1) is 20.2. The molecule has 0 saturated heterocycles. The zero-order valence-electron chi connectivity index (χ0n) is 15.3. The second kappa shape index (κ2) is 10.9. The van der Waals surface area contributed by atoms with Gasteiger partial charge in [0.1, 0.15) is 5.75 Å². The molecule has 0 aromatic heterocycles. The molecule has 24 heavy (non-hydrogen) atoms. The fourth-order valence-corrected chi connectivity index (χ4v) is 2.52. The van der Waals surface area contributed by atoms with Gasteiger partial charge in [-0.1, -0.05) is 45.2 Å². The Bertz CT molecular complexity index is 549. The maximum absolute atomic E-state index is 12.0. The van der Waals surface area contributed by atoms with Crippen molar-refractivity contribution in [2.75, 3.05) is 13.7 Å². The Morgan fingerprint density at radius 3 is 2.67 bits per heavy atom. The molecule has 0 spiro atoms. The van der Waals surface area contributed by atoms with Crippen LogP contribution in [0.15, 0.2) is 24.3 Å². The molecule has 1 unspecified atom stereocenters. The fourth-order valence-electron chi connectivity index (χ4n) is 2.52. The Labute approximate surface area is 145 Å². The molecule has 0 aliphatic carbocycles. The van der Waals surface area contributed by atoms with Crippen LogP contribution in [-0.2, 0) is 16.1 Å². The minimum absolute atomic E-state index is 0.0789. The number of hydrogen-bond donors (Lipinski definition) is 1. The number of esters is 1. The van der Waals surface area contributed by atoms with Crippen molar-refractivity contribution in [3.05, 3.63) is 35.4 Å². The van der Waals surface area contributed by atoms with Gasteiger partial charge in [-0.25, -0.2) is 4.79 Å². The van der Waals surface area contributed by atoms with E-state index in [-0.39, 0.29) is 12.6 Å². The second-order valence-electron chi connectivity index (χ2n) is 6.06. The molecule has 0 fully saturated rings. The molecule has 1 rings (SSSR count). The van der Waals surface area contributed by atoms with Crippen LogP contribution in [0, 0.1) is 5.92 Å². The minimum atomic E-state index is -0.312. The molecule has 4 nitrogen and oxygen atoms in total. The van der Waals surface area contributed by atoms with E-state index in [0.717, 1.165) is 36.0 Å². The summed E-state index contributed by atoms with van der Waals surface area (Å²) in [4.78, 5) is 12.0. The summed E-state index contributed by atoms with van der Waals surface area (Å²) in [5, 5.41) is 9.26. The van der Waals surface area contributed by atoms with Crippen LogP contribution in [0.25, 0.3) is 5.57 Å². The highest BCUT2D eigenvalue weighted by Crippen LogP contribution is 2.24. The molecule has 0 heterocycles. The highest BCUT2D eigenvalue weighted by Gasteiger charge is 2.10. The van der Waals surface area contributed by atoms with Crippen LogP contribution in [0.5, 0.6) is 5.75 Å². The number of aliphatic hydroxyl groups excluding tert-OH is 1. The van der Waals surface area contributed by atoms with Gasteiger partial charge in [-0.3, -0.25) is 0 Å². The number of allylic oxidation sites excluding steroid dienone is 1. The van der Waals surface area contributed by atoms with E-state index in [9.17, 15) is 9.90 Å². The van der Waals surface area contributed by atoms with Gasteiger partial charge in [-0.15, -0.1) is 0 Å². The van der Waals surface area contributed by atoms with Crippen molar-refractivity contribution < 1.29 is 19.4 Å². The number of methoxy groups -OCH3 is 1. The molecule has 0 radical (unpaired) electrons. The molecular weight excluding hydrogens is 304 g/mol. The summed E-state index contributed by atoms with van der Waals surface area (Å²) in [6.07, 6.45) is 5.97. The third-order valence-corrected chi connectivity index (χ3v) is 4.25. The van der Waals surface area contributed by atoms with Crippen molar-refractivity contribution >= 4 is 11.5 Å². The smallest absolute Gasteiger partial charge is 0.331 e. The molecule has 0 aliphatic heterocycles. The first-order valence-corrected chi connectivity index (χ1v) is 8.68. The van der Waals surface area contributed by atoms with Crippen molar-refractivity contribution in [1.82, 2.24) is 0 Å². The van der Waals surface area contributed by atoms with Crippen molar-refractivity contribution in [2.45, 2.75) is 53.1 Å². The first-order valence-electron chi connectivity index (χ1n) is 8.68. The van der Waals surface area contributed by atoms with E-state index < -0.39 is 0 Å². The van der Waals surface area contributed by atoms with Crippen molar-refractivity contribution in [3.8, 4) is 5.75 Å². The molecule has 0 aliphatic rings. The summed E-state index contributed by atoms with van der Waals surface area (Å²) >= 11 is 0. The zero-order valence-corrected chi connectivity index (χ0v) is 15.3. The molecule has 1 aromatic carbocycles. The van der Waals surface area contributed by atoms with E-state index in [1.54, 1.807) is 13.2 Å². The van der Waals surface area contributed by atoms with Gasteiger partial charge in [0.2, 0.25) is 0 Å². The van der Waals surface area contributed by atoms with Crippen LogP contribution in [0.3, 0.4) is 0 Å². The maximum atomic E-state index is 12.0. The van der Waals surface area contributed by atoms with Crippen molar-refractivity contribution in [3.63, 3.8) is 0 Å². The van der Waals surface area contributed by atoms with Crippen LogP contribution < -0.4 is 4.74 Å². The van der Waals surface area contributed by atoms with Gasteiger partial charge in [0.05, 0.1) is 20.3 Å². The van der Waals surface area contributed by atoms with E-state index in [1.807, 2.05) is 19.1 Å². The summed E-state index contributed by atoms with van der Waals surface area (Å²) in [7, 11) is 1.56. The first-order chi connectivity index (χ1) is 11.5. The van der Waals surface area contributed by atoms with E-state index in [4.69, 9.17) is 9.47 Å². The second-order valence-corrected chi connectivity index (χ2v) is 6.06. The lowest BCUT2D eigenvalue weighted by Crippen LogP contribution is -2.12. The normalized spacial score (nSPS) is 12.8. The molecule has 134 valence electrons. The lowest BCUT2D eigenvalue weighted by Gasteiger charge is -2.14. The maximum Gasteiger partial charge on any atom is 0.331 e. The van der Waals surface area contributed by atoms with Crippen molar-refractivity contribution in [1.29, 1.82) is 0 Å². The van der Waals surface area contributed by atoms with Crippen LogP contribution in [0.4, 0.5) is 0 Å². The quantitative estimate of drug-likeness (QED) is 0.510. The highest BCUT2D eigenvalue weighted by molar-refractivity contribution is 5.91. The van der Waals surface area contributed by atoms with Gasteiger partial charge in [-0.05, 0) is 36.5 Å². The molecular formula is C20H30O4. The van der Waals surface area contributed by atoms with Gasteiger partial charge in [0, 0.05) is 11.6 Å². The third-order valence-electron chi connectivity index (χ3n) is 4.25. The Morgan fingerprint density at radius 2 is 2.08 bits per heavy atom. The number of ether oxygens (including phenoxy) is 2. The van der Waals surface area contributed by atoms with E-state index in [2.05, 4.69) is 13.8 Å². The van der Waals surface area contributed by atoms with Gasteiger partial charge in [0.15, 0.2) is 0 Å². The summed E-state index contributed by atoms with van der Waals surface area (Å²) in [6.45, 7) is 6.56. The topological polar surface area (TPSA) is 55.8 Å². The zero-order chi connectivity index (χ0) is 17.9. The van der Waals surface area contributed by atoms with Gasteiger partial charge >= 0.3 is 5.97 Å². The average Bonchev–Trinajstić information content (AvgIpc) is 2.61.